The van der Waals surface area contributed by atoms with Crippen molar-refractivity contribution in [1.82, 2.24) is 0 Å². The lowest BCUT2D eigenvalue weighted by Gasteiger charge is -2.23. The van der Waals surface area contributed by atoms with E-state index >= 15 is 0 Å². The van der Waals surface area contributed by atoms with Crippen LogP contribution in [0, 0.1) is 0 Å². The molecule has 1 rings (SSSR count). The Kier molecular flexibility index (Phi) is 7.97. The van der Waals surface area contributed by atoms with Gasteiger partial charge in [0.2, 0.25) is 6.29 Å². The zero-order valence-electron chi connectivity index (χ0n) is 13.9. The lowest BCUT2D eigenvalue weighted by Crippen LogP contribution is -2.41. The topological polar surface area (TPSA) is 97.4 Å². The number of carbonyl (C=O) groups excluding carboxylic acids is 3. The number of hydrogen-bond donors (Lipinski definition) is 0. The second-order valence-electron chi connectivity index (χ2n) is 5.22. The molecule has 1 saturated heterocycles. The molecule has 0 bridgehead atoms. The van der Waals surface area contributed by atoms with Crippen LogP contribution in [0.25, 0.3) is 0 Å². The Morgan fingerprint density at radius 2 is 1.61 bits per heavy atom. The van der Waals surface area contributed by atoms with Gasteiger partial charge in [-0.3, -0.25) is 14.4 Å². The first kappa shape index (κ1) is 19.4. The molecule has 0 radical (unpaired) electrons. The summed E-state index contributed by atoms with van der Waals surface area (Å²) in [4.78, 5) is 33.5. The van der Waals surface area contributed by atoms with E-state index in [1.54, 1.807) is 0 Å². The van der Waals surface area contributed by atoms with Gasteiger partial charge in [0, 0.05) is 27.4 Å². The van der Waals surface area contributed by atoms with Gasteiger partial charge >= 0.3 is 17.9 Å². The Balaban J connectivity index is 2.85. The maximum Gasteiger partial charge on any atom is 0.305 e. The van der Waals surface area contributed by atoms with E-state index in [2.05, 4.69) is 0 Å². The first-order valence-corrected chi connectivity index (χ1v) is 7.60. The highest BCUT2D eigenvalue weighted by Gasteiger charge is 2.50. The smallest absolute Gasteiger partial charge is 0.305 e. The molecule has 8 heteroatoms. The molecule has 4 atom stereocenters. The molecule has 0 amide bonds. The molecule has 0 aromatic rings. The summed E-state index contributed by atoms with van der Waals surface area (Å²) >= 11 is 0. The molecule has 23 heavy (non-hydrogen) atoms. The maximum absolute atomic E-state index is 11.3. The molecule has 1 aliphatic rings. The third-order valence-corrected chi connectivity index (χ3v) is 3.11. The van der Waals surface area contributed by atoms with E-state index in [4.69, 9.17) is 23.7 Å². The van der Waals surface area contributed by atoms with Crippen molar-refractivity contribution in [3.05, 3.63) is 0 Å². The second-order valence-corrected chi connectivity index (χ2v) is 5.22. The minimum absolute atomic E-state index is 0.0817. The fraction of sp³-hybridized carbons (Fsp3) is 0.800. The van der Waals surface area contributed by atoms with E-state index in [1.807, 2.05) is 6.92 Å². The number of esters is 3. The minimum atomic E-state index is -1.09. The van der Waals surface area contributed by atoms with Crippen molar-refractivity contribution in [2.75, 3.05) is 13.2 Å². The predicted molar refractivity (Wildman–Crippen MR) is 77.3 cm³/mol. The Morgan fingerprint density at radius 1 is 0.957 bits per heavy atom. The van der Waals surface area contributed by atoms with Gasteiger partial charge in [0.1, 0.15) is 18.8 Å². The lowest BCUT2D eigenvalue weighted by atomic mass is 10.1. The monoisotopic (exact) mass is 332 g/mol. The van der Waals surface area contributed by atoms with Gasteiger partial charge < -0.3 is 23.7 Å². The van der Waals surface area contributed by atoms with Crippen LogP contribution >= 0.6 is 0 Å². The Hall–Kier alpha value is -1.67. The van der Waals surface area contributed by atoms with Gasteiger partial charge in [-0.1, -0.05) is 13.3 Å². The Labute approximate surface area is 135 Å². The van der Waals surface area contributed by atoms with Crippen molar-refractivity contribution in [3.63, 3.8) is 0 Å². The van der Waals surface area contributed by atoms with Crippen molar-refractivity contribution in [1.29, 1.82) is 0 Å². The molecule has 0 aromatic carbocycles. The summed E-state index contributed by atoms with van der Waals surface area (Å²) in [5, 5.41) is 0. The van der Waals surface area contributed by atoms with Gasteiger partial charge in [0.15, 0.2) is 6.10 Å². The fourth-order valence-corrected chi connectivity index (χ4v) is 2.17. The van der Waals surface area contributed by atoms with Gasteiger partial charge in [-0.25, -0.2) is 0 Å². The van der Waals surface area contributed by atoms with Crippen molar-refractivity contribution < 1.29 is 38.1 Å². The zero-order chi connectivity index (χ0) is 17.4. The van der Waals surface area contributed by atoms with Gasteiger partial charge in [-0.15, -0.1) is 0 Å². The molecule has 1 aliphatic heterocycles. The largest absolute Gasteiger partial charge is 0.463 e. The van der Waals surface area contributed by atoms with Crippen molar-refractivity contribution in [2.45, 2.75) is 65.1 Å². The lowest BCUT2D eigenvalue weighted by molar-refractivity contribution is -0.197. The van der Waals surface area contributed by atoms with Gasteiger partial charge in [-0.05, 0) is 6.42 Å². The number of hydrogen-bond acceptors (Lipinski definition) is 8. The van der Waals surface area contributed by atoms with Crippen LogP contribution < -0.4 is 0 Å². The molecule has 1 heterocycles. The molecule has 8 nitrogen and oxygen atoms in total. The van der Waals surface area contributed by atoms with E-state index in [1.165, 1.54) is 20.8 Å². The summed E-state index contributed by atoms with van der Waals surface area (Å²) < 4.78 is 26.5. The van der Waals surface area contributed by atoms with E-state index < -0.39 is 42.5 Å². The second kappa shape index (κ2) is 9.46. The van der Waals surface area contributed by atoms with Crippen LogP contribution in [0.4, 0.5) is 0 Å². The highest BCUT2D eigenvalue weighted by atomic mass is 16.7. The number of carbonyl (C=O) groups is 3. The van der Waals surface area contributed by atoms with Crippen LogP contribution in [0.15, 0.2) is 0 Å². The van der Waals surface area contributed by atoms with Gasteiger partial charge in [-0.2, -0.15) is 0 Å². The average molecular weight is 332 g/mol. The van der Waals surface area contributed by atoms with Crippen molar-refractivity contribution in [2.24, 2.45) is 0 Å². The molecule has 132 valence electrons. The predicted octanol–water partition coefficient (Wildman–Crippen LogP) is 0.954. The fourth-order valence-electron chi connectivity index (χ4n) is 2.17. The normalized spacial score (nSPS) is 26.6. The van der Waals surface area contributed by atoms with E-state index in [0.717, 1.165) is 12.8 Å². The van der Waals surface area contributed by atoms with Gasteiger partial charge in [0.05, 0.1) is 0 Å². The van der Waals surface area contributed by atoms with E-state index in [9.17, 15) is 14.4 Å². The summed E-state index contributed by atoms with van der Waals surface area (Å²) in [5.74, 6) is -1.60. The number of ether oxygens (including phenoxy) is 5. The molecular formula is C15H24O8. The quantitative estimate of drug-likeness (QED) is 0.368. The summed E-state index contributed by atoms with van der Waals surface area (Å²) in [5.41, 5.74) is 0. The summed E-state index contributed by atoms with van der Waals surface area (Å²) in [6, 6.07) is 0. The minimum Gasteiger partial charge on any atom is -0.463 e. The van der Waals surface area contributed by atoms with Crippen LogP contribution in [-0.4, -0.2) is 55.7 Å². The standard InChI is InChI=1S/C15H24O8/c1-5-6-7-19-13-12(8-20-9(2)16)23-15(22-11(4)18)14(13)21-10(3)17/h12-15H,5-8H2,1-4H3/t12-,13+,14?,15?/m1/s1. The molecule has 0 aliphatic carbocycles. The van der Waals surface area contributed by atoms with Crippen LogP contribution in [0.5, 0.6) is 0 Å². The SMILES string of the molecule is CCCCO[C@@H]1C(OC(C)=O)C(OC(C)=O)O[C@@H]1COC(C)=O. The molecule has 0 spiro atoms. The summed E-state index contributed by atoms with van der Waals surface area (Å²) in [6.45, 7) is 6.09. The first-order valence-electron chi connectivity index (χ1n) is 7.60. The molecule has 0 N–H and O–H groups in total. The summed E-state index contributed by atoms with van der Waals surface area (Å²) in [6.07, 6.45) is -1.65. The van der Waals surface area contributed by atoms with Crippen molar-refractivity contribution in [3.8, 4) is 0 Å². The van der Waals surface area contributed by atoms with Crippen LogP contribution in [0.1, 0.15) is 40.5 Å². The first-order chi connectivity index (χ1) is 10.8. The number of unbranched alkanes of at least 4 members (excludes halogenated alkanes) is 1. The van der Waals surface area contributed by atoms with Crippen LogP contribution in [0.2, 0.25) is 0 Å². The van der Waals surface area contributed by atoms with Crippen molar-refractivity contribution >= 4 is 17.9 Å². The van der Waals surface area contributed by atoms with Crippen LogP contribution in [-0.2, 0) is 38.1 Å². The molecule has 1 fully saturated rings. The number of rotatable bonds is 8. The molecule has 0 aromatic heterocycles. The van der Waals surface area contributed by atoms with E-state index in [-0.39, 0.29) is 6.61 Å². The molecule has 2 unspecified atom stereocenters. The highest BCUT2D eigenvalue weighted by Crippen LogP contribution is 2.28. The third kappa shape index (κ3) is 6.54. The summed E-state index contributed by atoms with van der Waals surface area (Å²) in [7, 11) is 0. The van der Waals surface area contributed by atoms with E-state index in [0.29, 0.717) is 6.61 Å². The highest BCUT2D eigenvalue weighted by molar-refractivity contribution is 5.67. The van der Waals surface area contributed by atoms with Gasteiger partial charge in [0.25, 0.3) is 0 Å². The maximum atomic E-state index is 11.3. The Morgan fingerprint density at radius 3 is 2.13 bits per heavy atom. The van der Waals surface area contributed by atoms with Crippen LogP contribution in [0.3, 0.4) is 0 Å². The molecule has 0 saturated carbocycles. The Bertz CT molecular complexity index is 422. The zero-order valence-corrected chi connectivity index (χ0v) is 13.9. The average Bonchev–Trinajstić information content (AvgIpc) is 2.73. The third-order valence-electron chi connectivity index (χ3n) is 3.11. The molecular weight excluding hydrogens is 308 g/mol.